The van der Waals surface area contributed by atoms with E-state index >= 15 is 0 Å². The van der Waals surface area contributed by atoms with Gasteiger partial charge in [0.1, 0.15) is 10.8 Å². The Kier molecular flexibility index (Phi) is 9.21. The molecule has 3 N–H and O–H groups in total. The van der Waals surface area contributed by atoms with E-state index in [1.165, 1.54) is 17.5 Å². The number of aromatic nitrogens is 2. The number of sulfonamides is 1. The molecule has 43 heavy (non-hydrogen) atoms. The van der Waals surface area contributed by atoms with E-state index in [9.17, 15) is 26.7 Å². The van der Waals surface area contributed by atoms with E-state index in [2.05, 4.69) is 20.0 Å². The van der Waals surface area contributed by atoms with Gasteiger partial charge in [0, 0.05) is 52.3 Å². The van der Waals surface area contributed by atoms with Gasteiger partial charge in [0.25, 0.3) is 10.0 Å². The Labute approximate surface area is 251 Å². The number of aliphatic hydroxyl groups excluding tert-OH is 1. The van der Waals surface area contributed by atoms with Gasteiger partial charge in [-0.1, -0.05) is 30.3 Å². The fraction of sp³-hybridized carbons (Fsp3) is 0.161. The maximum absolute atomic E-state index is 14.4. The molecule has 0 saturated carbocycles. The van der Waals surface area contributed by atoms with E-state index in [1.807, 2.05) is 18.2 Å². The summed E-state index contributed by atoms with van der Waals surface area (Å²) in [5.74, 6) is -3.30. The number of anilines is 1. The topological polar surface area (TPSA) is 104 Å². The van der Waals surface area contributed by atoms with Gasteiger partial charge in [0.2, 0.25) is 0 Å². The van der Waals surface area contributed by atoms with Crippen LogP contribution in [0.5, 0.6) is 0 Å². The van der Waals surface area contributed by atoms with E-state index in [-0.39, 0.29) is 16.2 Å². The van der Waals surface area contributed by atoms with Crippen molar-refractivity contribution in [2.45, 2.75) is 24.3 Å². The molecule has 0 radical (unpaired) electrons. The van der Waals surface area contributed by atoms with Crippen molar-refractivity contribution in [1.82, 2.24) is 15.3 Å². The molecule has 0 aliphatic carbocycles. The van der Waals surface area contributed by atoms with E-state index in [1.54, 1.807) is 42.7 Å². The van der Waals surface area contributed by atoms with Gasteiger partial charge in [-0.25, -0.2) is 26.6 Å². The second kappa shape index (κ2) is 13.0. The molecule has 0 bridgehead atoms. The van der Waals surface area contributed by atoms with Gasteiger partial charge >= 0.3 is 0 Å². The summed E-state index contributed by atoms with van der Waals surface area (Å²) in [6.45, 7) is 2.17. The van der Waals surface area contributed by atoms with Crippen LogP contribution in [0.1, 0.15) is 22.8 Å². The molecule has 0 amide bonds. The average Bonchev–Trinajstić information content (AvgIpc) is 3.51. The van der Waals surface area contributed by atoms with Gasteiger partial charge < -0.3 is 10.4 Å². The molecular formula is C31H27F3N4O3S2. The minimum atomic E-state index is -3.88. The van der Waals surface area contributed by atoms with E-state index in [0.29, 0.717) is 35.8 Å². The smallest absolute Gasteiger partial charge is 0.261 e. The van der Waals surface area contributed by atoms with Crippen LogP contribution in [0.2, 0.25) is 0 Å². The quantitative estimate of drug-likeness (QED) is 0.118. The second-order valence-electron chi connectivity index (χ2n) is 9.78. The van der Waals surface area contributed by atoms with Crippen molar-refractivity contribution in [1.29, 1.82) is 0 Å². The maximum Gasteiger partial charge on any atom is 0.261 e. The maximum atomic E-state index is 14.4. The SMILES string of the molecule is Cc1c(F)cc(-c2csc(-c3ccc(S(=O)(=O)Nc4ccc(CCNCC(O)c5cccnc5)cc4)cc3)n2)c(F)c1F. The van der Waals surface area contributed by atoms with Gasteiger partial charge in [0.05, 0.1) is 16.7 Å². The van der Waals surface area contributed by atoms with Crippen molar-refractivity contribution in [3.05, 3.63) is 119 Å². The first-order chi connectivity index (χ1) is 20.6. The van der Waals surface area contributed by atoms with Gasteiger partial charge in [-0.2, -0.15) is 0 Å². The zero-order valence-corrected chi connectivity index (χ0v) is 24.5. The number of thiazole rings is 1. The van der Waals surface area contributed by atoms with Crippen LogP contribution in [0.15, 0.2) is 89.4 Å². The fourth-order valence-electron chi connectivity index (χ4n) is 4.30. The predicted molar refractivity (Wildman–Crippen MR) is 161 cm³/mol. The number of pyridine rings is 1. The van der Waals surface area contributed by atoms with Crippen molar-refractivity contribution in [3.63, 3.8) is 0 Å². The Balaban J connectivity index is 1.18. The third-order valence-corrected chi connectivity index (χ3v) is 9.07. The zero-order valence-electron chi connectivity index (χ0n) is 22.9. The van der Waals surface area contributed by atoms with Crippen LogP contribution >= 0.6 is 11.3 Å². The van der Waals surface area contributed by atoms with Crippen LogP contribution in [0.4, 0.5) is 18.9 Å². The van der Waals surface area contributed by atoms with Crippen LogP contribution in [0.3, 0.4) is 0 Å². The molecule has 1 unspecified atom stereocenters. The molecule has 222 valence electrons. The van der Waals surface area contributed by atoms with Crippen molar-refractivity contribution < 1.29 is 26.7 Å². The molecule has 5 aromatic rings. The van der Waals surface area contributed by atoms with Crippen LogP contribution in [-0.2, 0) is 16.4 Å². The first kappa shape index (κ1) is 30.4. The second-order valence-corrected chi connectivity index (χ2v) is 12.3. The first-order valence-corrected chi connectivity index (χ1v) is 15.6. The summed E-state index contributed by atoms with van der Waals surface area (Å²) in [6.07, 6.45) is 3.31. The molecule has 1 atom stereocenters. The molecule has 2 aromatic heterocycles. The minimum Gasteiger partial charge on any atom is -0.387 e. The number of aliphatic hydroxyl groups is 1. The van der Waals surface area contributed by atoms with E-state index < -0.39 is 39.1 Å². The van der Waals surface area contributed by atoms with E-state index in [4.69, 9.17) is 0 Å². The Hall–Kier alpha value is -4.10. The largest absolute Gasteiger partial charge is 0.387 e. The Morgan fingerprint density at radius 1 is 1.00 bits per heavy atom. The normalized spacial score (nSPS) is 12.3. The highest BCUT2D eigenvalue weighted by atomic mass is 32.2. The molecule has 7 nitrogen and oxygen atoms in total. The van der Waals surface area contributed by atoms with Crippen LogP contribution < -0.4 is 10.0 Å². The average molecular weight is 625 g/mol. The highest BCUT2D eigenvalue weighted by Gasteiger charge is 2.20. The number of rotatable bonds is 11. The molecule has 0 saturated heterocycles. The molecule has 2 heterocycles. The molecule has 0 fully saturated rings. The predicted octanol–water partition coefficient (Wildman–Crippen LogP) is 6.26. The van der Waals surface area contributed by atoms with Crippen LogP contribution in [-0.4, -0.2) is 36.6 Å². The molecule has 0 spiro atoms. The fourth-order valence-corrected chi connectivity index (χ4v) is 6.18. The number of halogens is 3. The molecule has 0 aliphatic rings. The third kappa shape index (κ3) is 7.11. The lowest BCUT2D eigenvalue weighted by molar-refractivity contribution is 0.174. The van der Waals surface area contributed by atoms with Gasteiger partial charge in [0.15, 0.2) is 11.6 Å². The molecule has 3 aromatic carbocycles. The summed E-state index contributed by atoms with van der Waals surface area (Å²) in [5, 5.41) is 15.3. The van der Waals surface area contributed by atoms with Crippen molar-refractivity contribution in [2.75, 3.05) is 17.8 Å². The minimum absolute atomic E-state index is 0.0298. The number of benzene rings is 3. The van der Waals surface area contributed by atoms with Gasteiger partial charge in [-0.05, 0) is 61.9 Å². The molecular weight excluding hydrogens is 597 g/mol. The highest BCUT2D eigenvalue weighted by Crippen LogP contribution is 2.33. The lowest BCUT2D eigenvalue weighted by atomic mass is 10.1. The van der Waals surface area contributed by atoms with Crippen molar-refractivity contribution >= 4 is 27.0 Å². The summed E-state index contributed by atoms with van der Waals surface area (Å²) in [5.41, 5.74) is 2.09. The lowest BCUT2D eigenvalue weighted by Gasteiger charge is -2.12. The summed E-state index contributed by atoms with van der Waals surface area (Å²) in [7, 11) is -3.88. The number of nitrogens with one attached hydrogen (secondary N) is 2. The first-order valence-electron chi connectivity index (χ1n) is 13.2. The van der Waals surface area contributed by atoms with Crippen molar-refractivity contribution in [2.24, 2.45) is 0 Å². The number of hydrogen-bond acceptors (Lipinski definition) is 7. The molecule has 5 rings (SSSR count). The standard InChI is InChI=1S/C31H27F3N4O3S2/c1-19-26(32)15-25(30(34)29(19)33)27-18-42-31(37-27)21-6-10-24(11-7-21)43(40,41)38-23-8-4-20(5-9-23)12-14-36-17-28(39)22-3-2-13-35-16-22/h2-11,13,15-16,18,28,36,38-39H,12,14,17H2,1H3. The van der Waals surface area contributed by atoms with Crippen molar-refractivity contribution in [3.8, 4) is 21.8 Å². The van der Waals surface area contributed by atoms with Gasteiger partial charge in [-0.3, -0.25) is 9.71 Å². The zero-order chi connectivity index (χ0) is 30.6. The molecule has 0 aliphatic heterocycles. The van der Waals surface area contributed by atoms with Gasteiger partial charge in [-0.15, -0.1) is 11.3 Å². The monoisotopic (exact) mass is 624 g/mol. The Bertz CT molecular complexity index is 1820. The Morgan fingerprint density at radius 2 is 1.74 bits per heavy atom. The van der Waals surface area contributed by atoms with E-state index in [0.717, 1.165) is 35.5 Å². The summed E-state index contributed by atoms with van der Waals surface area (Å²) >= 11 is 1.14. The third-order valence-electron chi connectivity index (χ3n) is 6.78. The summed E-state index contributed by atoms with van der Waals surface area (Å²) < 4.78 is 70.9. The van der Waals surface area contributed by atoms with Crippen LogP contribution in [0, 0.1) is 24.4 Å². The lowest BCUT2D eigenvalue weighted by Crippen LogP contribution is -2.23. The van der Waals surface area contributed by atoms with Crippen LogP contribution in [0.25, 0.3) is 21.8 Å². The number of hydrogen-bond donors (Lipinski definition) is 3. The summed E-state index contributed by atoms with van der Waals surface area (Å²) in [6, 6.07) is 17.5. The highest BCUT2D eigenvalue weighted by molar-refractivity contribution is 7.92. The Morgan fingerprint density at radius 3 is 2.44 bits per heavy atom. The summed E-state index contributed by atoms with van der Waals surface area (Å²) in [4.78, 5) is 8.33. The number of nitrogens with zero attached hydrogens (tertiary/aromatic N) is 2. The molecule has 12 heteroatoms.